The summed E-state index contributed by atoms with van der Waals surface area (Å²) in [5, 5.41) is 0. The molecule has 16 heavy (non-hydrogen) atoms. The summed E-state index contributed by atoms with van der Waals surface area (Å²) in [6.45, 7) is 4.06. The van der Waals surface area contributed by atoms with E-state index in [9.17, 15) is 4.79 Å². The fourth-order valence-corrected chi connectivity index (χ4v) is 2.45. The van der Waals surface area contributed by atoms with Gasteiger partial charge in [0.15, 0.2) is 5.78 Å². The monoisotopic (exact) mass is 217 g/mol. The molecule has 1 fully saturated rings. The van der Waals surface area contributed by atoms with Gasteiger partial charge >= 0.3 is 0 Å². The van der Waals surface area contributed by atoms with Crippen LogP contribution in [0.15, 0.2) is 30.3 Å². The third-order valence-corrected chi connectivity index (χ3v) is 3.38. The molecule has 1 heterocycles. The van der Waals surface area contributed by atoms with Gasteiger partial charge in [-0.15, -0.1) is 0 Å². The lowest BCUT2D eigenvalue weighted by Crippen LogP contribution is -2.34. The number of carbonyl (C=O) groups excluding carboxylic acids is 1. The topological polar surface area (TPSA) is 20.3 Å². The zero-order chi connectivity index (χ0) is 11.4. The molecular formula is C14H19NO. The molecule has 0 N–H and O–H groups in total. The van der Waals surface area contributed by atoms with Crippen molar-refractivity contribution in [3.8, 4) is 0 Å². The first-order valence-electron chi connectivity index (χ1n) is 6.12. The predicted molar refractivity (Wildman–Crippen MR) is 65.4 cm³/mol. The van der Waals surface area contributed by atoms with E-state index in [1.807, 2.05) is 6.07 Å². The minimum atomic E-state index is 0.184. The first-order valence-corrected chi connectivity index (χ1v) is 6.12. The molecule has 0 saturated carbocycles. The van der Waals surface area contributed by atoms with Crippen LogP contribution in [0.1, 0.15) is 25.3 Å². The fraction of sp³-hybridized carbons (Fsp3) is 0.500. The first kappa shape index (κ1) is 11.3. The van der Waals surface area contributed by atoms with Crippen molar-refractivity contribution >= 4 is 5.78 Å². The third-order valence-electron chi connectivity index (χ3n) is 3.38. The van der Waals surface area contributed by atoms with Crippen molar-refractivity contribution in [2.45, 2.75) is 32.2 Å². The zero-order valence-electron chi connectivity index (χ0n) is 9.86. The van der Waals surface area contributed by atoms with Crippen molar-refractivity contribution in [3.05, 3.63) is 35.9 Å². The molecule has 1 aliphatic heterocycles. The average molecular weight is 217 g/mol. The summed E-state index contributed by atoms with van der Waals surface area (Å²) in [6, 6.07) is 10.7. The number of benzene rings is 1. The number of carbonyl (C=O) groups is 1. The highest BCUT2D eigenvalue weighted by molar-refractivity contribution is 5.86. The van der Waals surface area contributed by atoms with E-state index in [0.717, 1.165) is 32.4 Å². The van der Waals surface area contributed by atoms with E-state index >= 15 is 0 Å². The SMILES string of the molecule is CCC1C(=O)CCN1CCc1ccccc1. The molecule has 0 radical (unpaired) electrons. The van der Waals surface area contributed by atoms with Gasteiger partial charge in [0.05, 0.1) is 6.04 Å². The molecule has 1 atom stereocenters. The van der Waals surface area contributed by atoms with Crippen LogP contribution >= 0.6 is 0 Å². The van der Waals surface area contributed by atoms with Crippen LogP contribution in [-0.4, -0.2) is 29.8 Å². The Balaban J connectivity index is 1.89. The third kappa shape index (κ3) is 2.50. The van der Waals surface area contributed by atoms with E-state index in [2.05, 4.69) is 36.1 Å². The van der Waals surface area contributed by atoms with Gasteiger partial charge < -0.3 is 0 Å². The summed E-state index contributed by atoms with van der Waals surface area (Å²) in [5.74, 6) is 0.426. The Morgan fingerprint density at radius 2 is 2.06 bits per heavy atom. The quantitative estimate of drug-likeness (QED) is 0.771. The van der Waals surface area contributed by atoms with Crippen molar-refractivity contribution < 1.29 is 4.79 Å². The minimum Gasteiger partial charge on any atom is -0.298 e. The molecule has 0 aromatic heterocycles. The van der Waals surface area contributed by atoms with Crippen molar-refractivity contribution in [1.29, 1.82) is 0 Å². The summed E-state index contributed by atoms with van der Waals surface area (Å²) in [5.41, 5.74) is 1.36. The van der Waals surface area contributed by atoms with E-state index in [1.165, 1.54) is 5.56 Å². The Bertz CT molecular complexity index is 347. The van der Waals surface area contributed by atoms with Gasteiger partial charge in [0, 0.05) is 19.5 Å². The first-order chi connectivity index (χ1) is 7.81. The standard InChI is InChI=1S/C14H19NO/c1-2-13-14(16)9-11-15(13)10-8-12-6-4-3-5-7-12/h3-7,13H,2,8-11H2,1H3. The fourth-order valence-electron chi connectivity index (χ4n) is 2.45. The van der Waals surface area contributed by atoms with Crippen LogP contribution in [-0.2, 0) is 11.2 Å². The van der Waals surface area contributed by atoms with Crippen LogP contribution in [0.25, 0.3) is 0 Å². The van der Waals surface area contributed by atoms with Crippen molar-refractivity contribution in [2.75, 3.05) is 13.1 Å². The van der Waals surface area contributed by atoms with Crippen LogP contribution in [0, 0.1) is 0 Å². The number of hydrogen-bond acceptors (Lipinski definition) is 2. The number of ketones is 1. The summed E-state index contributed by atoms with van der Waals surface area (Å²) in [7, 11) is 0. The molecule has 0 spiro atoms. The molecule has 86 valence electrons. The van der Waals surface area contributed by atoms with Crippen LogP contribution in [0.4, 0.5) is 0 Å². The largest absolute Gasteiger partial charge is 0.298 e. The van der Waals surface area contributed by atoms with Crippen LogP contribution in [0.3, 0.4) is 0 Å². The second kappa shape index (κ2) is 5.26. The van der Waals surface area contributed by atoms with Gasteiger partial charge in [-0.25, -0.2) is 0 Å². The Labute approximate surface area is 97.3 Å². The second-order valence-corrected chi connectivity index (χ2v) is 4.41. The smallest absolute Gasteiger partial charge is 0.151 e. The maximum atomic E-state index is 11.6. The summed E-state index contributed by atoms with van der Waals surface area (Å²) < 4.78 is 0. The molecule has 2 nitrogen and oxygen atoms in total. The molecule has 2 heteroatoms. The number of hydrogen-bond donors (Lipinski definition) is 0. The normalized spacial score (nSPS) is 21.6. The Morgan fingerprint density at radius 1 is 1.31 bits per heavy atom. The molecule has 1 unspecified atom stereocenters. The molecule has 1 aromatic carbocycles. The summed E-state index contributed by atoms with van der Waals surface area (Å²) >= 11 is 0. The zero-order valence-corrected chi connectivity index (χ0v) is 9.86. The van der Waals surface area contributed by atoms with E-state index in [0.29, 0.717) is 5.78 Å². The van der Waals surface area contributed by atoms with E-state index in [-0.39, 0.29) is 6.04 Å². The maximum Gasteiger partial charge on any atom is 0.151 e. The Kier molecular flexibility index (Phi) is 3.73. The maximum absolute atomic E-state index is 11.6. The van der Waals surface area contributed by atoms with Crippen LogP contribution in [0.5, 0.6) is 0 Å². The predicted octanol–water partition coefficient (Wildman–Crippen LogP) is 2.28. The van der Waals surface area contributed by atoms with Crippen molar-refractivity contribution in [3.63, 3.8) is 0 Å². The Morgan fingerprint density at radius 3 is 2.75 bits per heavy atom. The average Bonchev–Trinajstić information content (AvgIpc) is 2.68. The molecule has 0 bridgehead atoms. The molecule has 0 aliphatic carbocycles. The van der Waals surface area contributed by atoms with Gasteiger partial charge in [-0.05, 0) is 18.4 Å². The van der Waals surface area contributed by atoms with Gasteiger partial charge in [0.1, 0.15) is 0 Å². The lowest BCUT2D eigenvalue weighted by Gasteiger charge is -2.21. The minimum absolute atomic E-state index is 0.184. The highest BCUT2D eigenvalue weighted by atomic mass is 16.1. The van der Waals surface area contributed by atoms with E-state index in [1.54, 1.807) is 0 Å². The lowest BCUT2D eigenvalue weighted by atomic mass is 10.1. The van der Waals surface area contributed by atoms with Gasteiger partial charge in [-0.1, -0.05) is 37.3 Å². The van der Waals surface area contributed by atoms with Crippen LogP contribution < -0.4 is 0 Å². The number of likely N-dealkylation sites (tertiary alicyclic amines) is 1. The highest BCUT2D eigenvalue weighted by Gasteiger charge is 2.29. The number of nitrogens with zero attached hydrogens (tertiary/aromatic N) is 1. The van der Waals surface area contributed by atoms with Gasteiger partial charge in [0.2, 0.25) is 0 Å². The van der Waals surface area contributed by atoms with Crippen molar-refractivity contribution in [1.82, 2.24) is 4.90 Å². The number of rotatable bonds is 4. The molecule has 1 aromatic rings. The molecule has 2 rings (SSSR count). The van der Waals surface area contributed by atoms with Crippen LogP contribution in [0.2, 0.25) is 0 Å². The van der Waals surface area contributed by atoms with Gasteiger partial charge in [-0.2, -0.15) is 0 Å². The summed E-state index contributed by atoms with van der Waals surface area (Å²) in [4.78, 5) is 13.9. The van der Waals surface area contributed by atoms with Gasteiger partial charge in [0.25, 0.3) is 0 Å². The molecular weight excluding hydrogens is 198 g/mol. The van der Waals surface area contributed by atoms with E-state index in [4.69, 9.17) is 0 Å². The lowest BCUT2D eigenvalue weighted by molar-refractivity contribution is -0.120. The molecule has 1 saturated heterocycles. The summed E-state index contributed by atoms with van der Waals surface area (Å²) in [6.07, 6.45) is 2.74. The Hall–Kier alpha value is -1.15. The highest BCUT2D eigenvalue weighted by Crippen LogP contribution is 2.17. The van der Waals surface area contributed by atoms with Gasteiger partial charge in [-0.3, -0.25) is 9.69 Å². The molecule has 0 amide bonds. The van der Waals surface area contributed by atoms with E-state index < -0.39 is 0 Å². The number of Topliss-reactive ketones (excluding diaryl/α,β-unsaturated/α-hetero) is 1. The molecule has 1 aliphatic rings. The van der Waals surface area contributed by atoms with Crippen molar-refractivity contribution in [2.24, 2.45) is 0 Å². The second-order valence-electron chi connectivity index (χ2n) is 4.41.